The molecule has 6 heteroatoms. The van der Waals surface area contributed by atoms with E-state index in [0.717, 1.165) is 55.5 Å². The second-order valence-corrected chi connectivity index (χ2v) is 8.41. The van der Waals surface area contributed by atoms with E-state index in [9.17, 15) is 9.90 Å². The Morgan fingerprint density at radius 3 is 2.67 bits per heavy atom. The highest BCUT2D eigenvalue weighted by atomic mass is 35.5. The topological polar surface area (TPSA) is 78.0 Å². The molecular formula is C21H26ClN3O2. The minimum Gasteiger partial charge on any atom is -0.388 e. The van der Waals surface area contributed by atoms with Gasteiger partial charge in [0, 0.05) is 23.7 Å². The molecule has 2 aliphatic rings. The molecule has 3 N–H and O–H groups in total. The van der Waals surface area contributed by atoms with Crippen molar-refractivity contribution in [1.82, 2.24) is 15.5 Å². The van der Waals surface area contributed by atoms with E-state index in [-0.39, 0.29) is 12.5 Å². The number of amides is 1. The van der Waals surface area contributed by atoms with Crippen LogP contribution in [-0.4, -0.2) is 33.4 Å². The molecule has 2 aliphatic carbocycles. The minimum absolute atomic E-state index is 0.252. The molecule has 0 saturated heterocycles. The normalized spacial score (nSPS) is 19.5. The van der Waals surface area contributed by atoms with Gasteiger partial charge in [0.25, 0.3) is 5.91 Å². The summed E-state index contributed by atoms with van der Waals surface area (Å²) in [5.41, 5.74) is 2.45. The van der Waals surface area contributed by atoms with Crippen LogP contribution in [0.25, 0.3) is 11.3 Å². The lowest BCUT2D eigenvalue weighted by Crippen LogP contribution is -2.42. The Hall–Kier alpha value is -1.85. The summed E-state index contributed by atoms with van der Waals surface area (Å²) < 4.78 is 0. The van der Waals surface area contributed by atoms with Crippen molar-refractivity contribution in [3.05, 3.63) is 40.5 Å². The van der Waals surface area contributed by atoms with Crippen LogP contribution in [0.3, 0.4) is 0 Å². The summed E-state index contributed by atoms with van der Waals surface area (Å²) in [6, 6.07) is 7.45. The van der Waals surface area contributed by atoms with E-state index in [0.29, 0.717) is 16.5 Å². The first-order valence-electron chi connectivity index (χ1n) is 9.90. The van der Waals surface area contributed by atoms with Crippen molar-refractivity contribution < 1.29 is 9.90 Å². The first-order chi connectivity index (χ1) is 13.0. The van der Waals surface area contributed by atoms with Crippen molar-refractivity contribution in [2.24, 2.45) is 0 Å². The average molecular weight is 388 g/mol. The maximum absolute atomic E-state index is 12.7. The number of nitrogens with zero attached hydrogens (tertiary/aromatic N) is 1. The summed E-state index contributed by atoms with van der Waals surface area (Å²) in [6.07, 6.45) is 8.19. The summed E-state index contributed by atoms with van der Waals surface area (Å²) in [5, 5.41) is 21.5. The molecule has 0 unspecified atom stereocenters. The Kier molecular flexibility index (Phi) is 5.24. The SMILES string of the molecule is O=C(NCC1(O)CCCCCC1)c1cc(-c2cc(C3CC3)[nH]n2)ccc1Cl. The van der Waals surface area contributed by atoms with Crippen molar-refractivity contribution in [1.29, 1.82) is 0 Å². The lowest BCUT2D eigenvalue weighted by Gasteiger charge is -2.26. The van der Waals surface area contributed by atoms with E-state index in [2.05, 4.69) is 21.6 Å². The van der Waals surface area contributed by atoms with Gasteiger partial charge in [-0.3, -0.25) is 9.89 Å². The number of carbonyl (C=O) groups is 1. The van der Waals surface area contributed by atoms with Gasteiger partial charge in [0.1, 0.15) is 0 Å². The van der Waals surface area contributed by atoms with Crippen LogP contribution in [0.4, 0.5) is 0 Å². The molecule has 4 rings (SSSR count). The molecule has 2 aromatic rings. The monoisotopic (exact) mass is 387 g/mol. The molecule has 0 radical (unpaired) electrons. The van der Waals surface area contributed by atoms with Crippen molar-refractivity contribution in [3.63, 3.8) is 0 Å². The third-order valence-electron chi connectivity index (χ3n) is 5.73. The van der Waals surface area contributed by atoms with Gasteiger partial charge < -0.3 is 10.4 Å². The maximum Gasteiger partial charge on any atom is 0.252 e. The lowest BCUT2D eigenvalue weighted by atomic mass is 9.94. The molecule has 0 spiro atoms. The molecule has 0 bridgehead atoms. The standard InChI is InChI=1S/C21H26ClN3O2/c22-17-8-7-15(19-12-18(24-25-19)14-5-6-14)11-16(17)20(26)23-13-21(27)9-3-1-2-4-10-21/h7-8,11-12,14,27H,1-6,9-10,13H2,(H,23,26)(H,24,25). The van der Waals surface area contributed by atoms with Gasteiger partial charge in [-0.15, -0.1) is 0 Å². The molecule has 1 aromatic carbocycles. The van der Waals surface area contributed by atoms with Crippen LogP contribution in [0.1, 0.15) is 73.3 Å². The Morgan fingerprint density at radius 1 is 1.22 bits per heavy atom. The number of aromatic amines is 1. The van der Waals surface area contributed by atoms with Crippen molar-refractivity contribution >= 4 is 17.5 Å². The highest BCUT2D eigenvalue weighted by Crippen LogP contribution is 2.40. The number of halogens is 1. The summed E-state index contributed by atoms with van der Waals surface area (Å²) in [7, 11) is 0. The summed E-state index contributed by atoms with van der Waals surface area (Å²) >= 11 is 6.27. The smallest absolute Gasteiger partial charge is 0.252 e. The average Bonchev–Trinajstić information content (AvgIpc) is 3.44. The fourth-order valence-corrected chi connectivity index (χ4v) is 4.05. The van der Waals surface area contributed by atoms with Crippen LogP contribution in [0, 0.1) is 0 Å². The van der Waals surface area contributed by atoms with E-state index in [1.165, 1.54) is 12.8 Å². The number of benzene rings is 1. The first kappa shape index (κ1) is 18.5. The number of aromatic nitrogens is 2. The van der Waals surface area contributed by atoms with Crippen molar-refractivity contribution in [3.8, 4) is 11.3 Å². The van der Waals surface area contributed by atoms with E-state index >= 15 is 0 Å². The van der Waals surface area contributed by atoms with Gasteiger partial charge >= 0.3 is 0 Å². The quantitative estimate of drug-likeness (QED) is 0.664. The van der Waals surface area contributed by atoms with Gasteiger partial charge in [-0.05, 0) is 43.9 Å². The molecule has 2 saturated carbocycles. The van der Waals surface area contributed by atoms with E-state index in [1.807, 2.05) is 6.07 Å². The third-order valence-corrected chi connectivity index (χ3v) is 6.06. The van der Waals surface area contributed by atoms with Gasteiger partial charge in [0.15, 0.2) is 0 Å². The Morgan fingerprint density at radius 2 is 1.96 bits per heavy atom. The number of nitrogens with one attached hydrogen (secondary N) is 2. The summed E-state index contributed by atoms with van der Waals surface area (Å²) in [5.74, 6) is 0.346. The first-order valence-corrected chi connectivity index (χ1v) is 10.3. The highest BCUT2D eigenvalue weighted by Gasteiger charge is 2.29. The van der Waals surface area contributed by atoms with Crippen LogP contribution < -0.4 is 5.32 Å². The zero-order chi connectivity index (χ0) is 18.9. The Labute approximate surface area is 164 Å². The van der Waals surface area contributed by atoms with E-state index < -0.39 is 5.60 Å². The van der Waals surface area contributed by atoms with E-state index in [4.69, 9.17) is 11.6 Å². The van der Waals surface area contributed by atoms with Crippen LogP contribution in [-0.2, 0) is 0 Å². The van der Waals surface area contributed by atoms with Crippen molar-refractivity contribution in [2.75, 3.05) is 6.54 Å². The lowest BCUT2D eigenvalue weighted by molar-refractivity contribution is 0.0246. The highest BCUT2D eigenvalue weighted by molar-refractivity contribution is 6.34. The molecular weight excluding hydrogens is 362 g/mol. The number of H-pyrrole nitrogens is 1. The zero-order valence-corrected chi connectivity index (χ0v) is 16.2. The second kappa shape index (κ2) is 7.64. The number of hydrogen-bond acceptors (Lipinski definition) is 3. The largest absolute Gasteiger partial charge is 0.388 e. The fraction of sp³-hybridized carbons (Fsp3) is 0.524. The maximum atomic E-state index is 12.7. The molecule has 1 heterocycles. The molecule has 1 amide bonds. The molecule has 2 fully saturated rings. The summed E-state index contributed by atoms with van der Waals surface area (Å²) in [6.45, 7) is 0.265. The Bertz CT molecular complexity index is 821. The molecule has 0 aliphatic heterocycles. The number of hydrogen-bond donors (Lipinski definition) is 3. The zero-order valence-electron chi connectivity index (χ0n) is 15.4. The van der Waals surface area contributed by atoms with Gasteiger partial charge in [0.05, 0.1) is 21.9 Å². The van der Waals surface area contributed by atoms with Gasteiger partial charge in [-0.2, -0.15) is 5.10 Å². The van der Waals surface area contributed by atoms with Gasteiger partial charge in [-0.25, -0.2) is 0 Å². The third kappa shape index (κ3) is 4.36. The number of aliphatic hydroxyl groups is 1. The van der Waals surface area contributed by atoms with Gasteiger partial charge in [0.2, 0.25) is 0 Å². The van der Waals surface area contributed by atoms with Crippen molar-refractivity contribution in [2.45, 2.75) is 62.9 Å². The predicted octanol–water partition coefficient (Wildman–Crippen LogP) is 4.42. The van der Waals surface area contributed by atoms with Crippen LogP contribution in [0.15, 0.2) is 24.3 Å². The number of rotatable bonds is 5. The number of carbonyl (C=O) groups excluding carboxylic acids is 1. The molecule has 0 atom stereocenters. The van der Waals surface area contributed by atoms with E-state index in [1.54, 1.807) is 12.1 Å². The molecule has 27 heavy (non-hydrogen) atoms. The molecule has 5 nitrogen and oxygen atoms in total. The Balaban J connectivity index is 1.47. The predicted molar refractivity (Wildman–Crippen MR) is 106 cm³/mol. The van der Waals surface area contributed by atoms with Crippen LogP contribution >= 0.6 is 11.6 Å². The fourth-order valence-electron chi connectivity index (χ4n) is 3.85. The second-order valence-electron chi connectivity index (χ2n) is 8.00. The minimum atomic E-state index is -0.808. The van der Waals surface area contributed by atoms with Gasteiger partial charge in [-0.1, -0.05) is 43.4 Å². The van der Waals surface area contributed by atoms with Crippen LogP contribution in [0.2, 0.25) is 5.02 Å². The molecule has 1 aromatic heterocycles. The molecule has 144 valence electrons. The van der Waals surface area contributed by atoms with Crippen LogP contribution in [0.5, 0.6) is 0 Å². The summed E-state index contributed by atoms with van der Waals surface area (Å²) in [4.78, 5) is 12.7.